The third-order valence-corrected chi connectivity index (χ3v) is 8.09. The number of methoxy groups -OCH3 is 2. The number of likely N-dealkylation sites (N-methyl/N-ethyl adjacent to an activating group) is 1. The molecule has 1 saturated carbocycles. The number of carbonyl (C=O) groups excluding carboxylic acids is 2. The van der Waals surface area contributed by atoms with Crippen LogP contribution in [0.5, 0.6) is 17.2 Å². The van der Waals surface area contributed by atoms with Crippen molar-refractivity contribution in [2.24, 2.45) is 5.92 Å². The molecular formula is C33H39N3O5. The SMILES string of the molecule is COc1ccccc1NCc1c(-c2ccc(OC(=O)C3CCCCC3)cc2OC)ccc2c1N(C)C(=O)C(C)(C)N2. The van der Waals surface area contributed by atoms with E-state index in [-0.39, 0.29) is 17.8 Å². The predicted molar refractivity (Wildman–Crippen MR) is 162 cm³/mol. The molecule has 2 aliphatic rings. The lowest BCUT2D eigenvalue weighted by Gasteiger charge is -2.40. The van der Waals surface area contributed by atoms with Gasteiger partial charge in [-0.15, -0.1) is 0 Å². The summed E-state index contributed by atoms with van der Waals surface area (Å²) in [5.41, 5.74) is 4.41. The fourth-order valence-corrected chi connectivity index (χ4v) is 5.93. The Balaban J connectivity index is 1.55. The summed E-state index contributed by atoms with van der Waals surface area (Å²) in [6, 6.07) is 17.3. The van der Waals surface area contributed by atoms with Gasteiger partial charge in [0, 0.05) is 30.8 Å². The molecule has 2 N–H and O–H groups in total. The van der Waals surface area contributed by atoms with Crippen LogP contribution in [0.4, 0.5) is 17.1 Å². The van der Waals surface area contributed by atoms with Gasteiger partial charge in [0.25, 0.3) is 5.91 Å². The van der Waals surface area contributed by atoms with Crippen LogP contribution >= 0.6 is 0 Å². The van der Waals surface area contributed by atoms with Crippen LogP contribution in [-0.2, 0) is 16.1 Å². The van der Waals surface area contributed by atoms with Crippen molar-refractivity contribution in [1.82, 2.24) is 0 Å². The number of nitrogens with zero attached hydrogens (tertiary/aromatic N) is 1. The monoisotopic (exact) mass is 557 g/mol. The van der Waals surface area contributed by atoms with Gasteiger partial charge < -0.3 is 29.7 Å². The van der Waals surface area contributed by atoms with Crippen molar-refractivity contribution in [1.29, 1.82) is 0 Å². The van der Waals surface area contributed by atoms with E-state index in [0.29, 0.717) is 18.0 Å². The Hall–Kier alpha value is -4.20. The van der Waals surface area contributed by atoms with Crippen molar-refractivity contribution in [2.45, 2.75) is 58.0 Å². The van der Waals surface area contributed by atoms with Gasteiger partial charge in [0.15, 0.2) is 0 Å². The molecule has 0 bridgehead atoms. The first kappa shape index (κ1) is 28.3. The summed E-state index contributed by atoms with van der Waals surface area (Å²) < 4.78 is 17.2. The molecule has 1 aliphatic heterocycles. The van der Waals surface area contributed by atoms with E-state index in [9.17, 15) is 9.59 Å². The largest absolute Gasteiger partial charge is 0.496 e. The van der Waals surface area contributed by atoms with Crippen LogP contribution < -0.4 is 29.7 Å². The third-order valence-electron chi connectivity index (χ3n) is 8.09. The van der Waals surface area contributed by atoms with E-state index < -0.39 is 5.54 Å². The summed E-state index contributed by atoms with van der Waals surface area (Å²) in [5, 5.41) is 6.92. The highest BCUT2D eigenvalue weighted by Gasteiger charge is 2.38. The van der Waals surface area contributed by atoms with E-state index in [1.54, 1.807) is 25.2 Å². The first-order valence-electron chi connectivity index (χ1n) is 14.2. The quantitative estimate of drug-likeness (QED) is 0.237. The highest BCUT2D eigenvalue weighted by Crippen LogP contribution is 2.45. The average molecular weight is 558 g/mol. The summed E-state index contributed by atoms with van der Waals surface area (Å²) in [7, 11) is 5.06. The molecule has 0 unspecified atom stereocenters. The molecule has 3 aromatic carbocycles. The van der Waals surface area contributed by atoms with E-state index in [1.165, 1.54) is 6.42 Å². The van der Waals surface area contributed by atoms with Gasteiger partial charge in [0.05, 0.1) is 37.2 Å². The van der Waals surface area contributed by atoms with E-state index in [4.69, 9.17) is 14.2 Å². The average Bonchev–Trinajstić information content (AvgIpc) is 2.99. The smallest absolute Gasteiger partial charge is 0.314 e. The summed E-state index contributed by atoms with van der Waals surface area (Å²) in [6.07, 6.45) is 5.06. The lowest BCUT2D eigenvalue weighted by Crippen LogP contribution is -2.52. The number of benzene rings is 3. The van der Waals surface area contributed by atoms with Crippen LogP contribution in [0.3, 0.4) is 0 Å². The number of para-hydroxylation sites is 2. The highest BCUT2D eigenvalue weighted by atomic mass is 16.5. The van der Waals surface area contributed by atoms with Crippen LogP contribution in [0.1, 0.15) is 51.5 Å². The molecule has 0 spiro atoms. The van der Waals surface area contributed by atoms with E-state index in [1.807, 2.05) is 69.4 Å². The third kappa shape index (κ3) is 5.69. The minimum absolute atomic E-state index is 0.0300. The maximum absolute atomic E-state index is 13.3. The number of nitrogens with one attached hydrogen (secondary N) is 2. The highest BCUT2D eigenvalue weighted by molar-refractivity contribution is 6.09. The molecule has 0 radical (unpaired) electrons. The van der Waals surface area contributed by atoms with Crippen LogP contribution in [0.2, 0.25) is 0 Å². The molecule has 0 atom stereocenters. The molecule has 1 heterocycles. The minimum atomic E-state index is -0.738. The zero-order chi connectivity index (χ0) is 29.1. The van der Waals surface area contributed by atoms with Gasteiger partial charge in [-0.05, 0) is 62.6 Å². The number of fused-ring (bicyclic) bond motifs is 1. The van der Waals surface area contributed by atoms with Gasteiger partial charge in [-0.1, -0.05) is 37.5 Å². The van der Waals surface area contributed by atoms with E-state index in [0.717, 1.165) is 65.2 Å². The molecule has 3 aromatic rings. The van der Waals surface area contributed by atoms with Gasteiger partial charge in [-0.3, -0.25) is 9.59 Å². The molecule has 1 amide bonds. The standard InChI is InChI=1S/C33H39N3O5/c1-33(2)32(38)36(3)30-25(20-34-26-13-9-10-14-28(26)39-4)23(17-18-27(30)35-33)24-16-15-22(19-29(24)40-5)41-31(37)21-11-7-6-8-12-21/h9-10,13-19,21,34-35H,6-8,11-12,20H2,1-5H3. The number of rotatable bonds is 8. The van der Waals surface area contributed by atoms with Crippen molar-refractivity contribution in [3.8, 4) is 28.4 Å². The van der Waals surface area contributed by atoms with Crippen LogP contribution in [-0.4, -0.2) is 38.7 Å². The van der Waals surface area contributed by atoms with Crippen molar-refractivity contribution in [3.63, 3.8) is 0 Å². The lowest BCUT2D eigenvalue weighted by atomic mass is 9.89. The fourth-order valence-electron chi connectivity index (χ4n) is 5.93. The Morgan fingerprint density at radius 1 is 0.976 bits per heavy atom. The second-order valence-corrected chi connectivity index (χ2v) is 11.3. The number of anilines is 3. The predicted octanol–water partition coefficient (Wildman–Crippen LogP) is 6.64. The zero-order valence-corrected chi connectivity index (χ0v) is 24.5. The van der Waals surface area contributed by atoms with Crippen LogP contribution in [0.25, 0.3) is 11.1 Å². The van der Waals surface area contributed by atoms with E-state index >= 15 is 0 Å². The topological polar surface area (TPSA) is 89.1 Å². The molecule has 0 saturated heterocycles. The van der Waals surface area contributed by atoms with E-state index in [2.05, 4.69) is 10.6 Å². The first-order chi connectivity index (χ1) is 19.7. The molecule has 1 fully saturated rings. The number of amides is 1. The molecular weight excluding hydrogens is 518 g/mol. The normalized spacial score (nSPS) is 16.4. The number of hydrogen-bond acceptors (Lipinski definition) is 7. The molecule has 8 heteroatoms. The number of esters is 1. The molecule has 216 valence electrons. The van der Waals surface area contributed by atoms with Crippen molar-refractivity contribution in [2.75, 3.05) is 36.8 Å². The van der Waals surface area contributed by atoms with Crippen LogP contribution in [0, 0.1) is 5.92 Å². The molecule has 8 nitrogen and oxygen atoms in total. The van der Waals surface area contributed by atoms with Crippen molar-refractivity contribution in [3.05, 3.63) is 60.2 Å². The maximum Gasteiger partial charge on any atom is 0.314 e. The second kappa shape index (κ2) is 11.7. The van der Waals surface area contributed by atoms with Gasteiger partial charge in [0.2, 0.25) is 0 Å². The Bertz CT molecular complexity index is 1440. The Labute approximate surface area is 242 Å². The summed E-state index contributed by atoms with van der Waals surface area (Å²) in [6.45, 7) is 4.18. The van der Waals surface area contributed by atoms with Crippen LogP contribution in [0.15, 0.2) is 54.6 Å². The number of ether oxygens (including phenoxy) is 3. The first-order valence-corrected chi connectivity index (χ1v) is 14.2. The second-order valence-electron chi connectivity index (χ2n) is 11.3. The molecule has 41 heavy (non-hydrogen) atoms. The van der Waals surface area contributed by atoms with Gasteiger partial charge in [-0.25, -0.2) is 0 Å². The van der Waals surface area contributed by atoms with Gasteiger partial charge in [-0.2, -0.15) is 0 Å². The fraction of sp³-hybridized carbons (Fsp3) is 0.394. The lowest BCUT2D eigenvalue weighted by molar-refractivity contribution is -0.140. The summed E-state index contributed by atoms with van der Waals surface area (Å²) in [5.74, 6) is 1.51. The summed E-state index contributed by atoms with van der Waals surface area (Å²) >= 11 is 0. The Morgan fingerprint density at radius 2 is 1.68 bits per heavy atom. The van der Waals surface area contributed by atoms with Crippen molar-refractivity contribution < 1.29 is 23.8 Å². The maximum atomic E-state index is 13.3. The number of hydrogen-bond donors (Lipinski definition) is 2. The van der Waals surface area contributed by atoms with Gasteiger partial charge >= 0.3 is 5.97 Å². The molecule has 1 aliphatic carbocycles. The number of carbonyl (C=O) groups is 2. The summed E-state index contributed by atoms with van der Waals surface area (Å²) in [4.78, 5) is 27.9. The Kier molecular flexibility index (Phi) is 8.10. The zero-order valence-electron chi connectivity index (χ0n) is 24.5. The van der Waals surface area contributed by atoms with Gasteiger partial charge in [0.1, 0.15) is 22.8 Å². The minimum Gasteiger partial charge on any atom is -0.496 e. The Morgan fingerprint density at radius 3 is 2.41 bits per heavy atom. The molecule has 0 aromatic heterocycles. The van der Waals surface area contributed by atoms with Crippen molar-refractivity contribution >= 4 is 28.9 Å². The molecule has 5 rings (SSSR count).